The van der Waals surface area contributed by atoms with Crippen molar-refractivity contribution >= 4 is 27.5 Å². The van der Waals surface area contributed by atoms with Gasteiger partial charge in [0.25, 0.3) is 0 Å². The normalized spacial score (nSPS) is 13.6. The van der Waals surface area contributed by atoms with E-state index in [4.69, 9.17) is 16.3 Å². The Bertz CT molecular complexity index is 904. The van der Waals surface area contributed by atoms with Gasteiger partial charge in [-0.3, -0.25) is 4.79 Å². The van der Waals surface area contributed by atoms with Gasteiger partial charge in [-0.1, -0.05) is 41.9 Å². The van der Waals surface area contributed by atoms with E-state index in [0.29, 0.717) is 0 Å². The zero-order chi connectivity index (χ0) is 20.7. The first-order valence-corrected chi connectivity index (χ1v) is 10.8. The van der Waals surface area contributed by atoms with Crippen LogP contribution in [0.25, 0.3) is 0 Å². The molecule has 0 bridgehead atoms. The van der Waals surface area contributed by atoms with Crippen LogP contribution in [-0.4, -0.2) is 33.5 Å². The Labute approximate surface area is 171 Å². The summed E-state index contributed by atoms with van der Waals surface area (Å²) in [5, 5.41) is 3.10. The summed E-state index contributed by atoms with van der Waals surface area (Å²) in [5.41, 5.74) is 1.19. The molecule has 0 saturated heterocycles. The van der Waals surface area contributed by atoms with Gasteiger partial charge in [0.1, 0.15) is 10.6 Å². The molecule has 0 heterocycles. The molecule has 0 aliphatic carbocycles. The fourth-order valence-electron chi connectivity index (χ4n) is 2.68. The van der Waals surface area contributed by atoms with E-state index in [0.717, 1.165) is 12.8 Å². The lowest BCUT2D eigenvalue weighted by atomic mass is 10.1. The summed E-state index contributed by atoms with van der Waals surface area (Å²) in [4.78, 5) is 12.3. The second-order valence-corrected chi connectivity index (χ2v) is 8.69. The van der Waals surface area contributed by atoms with Crippen LogP contribution in [0.4, 0.5) is 0 Å². The smallest absolute Gasteiger partial charge is 0.245 e. The standard InChI is InChI=1S/C20H25ClN2O4S/c1-14(9-10-16-7-5-4-6-8-16)22-20(24)15(2)23-28(25,26)19-13-17(21)11-12-18(19)27-3/h4-8,11-15,23H,9-10H2,1-3H3,(H,22,24)/t14-,15-/m0/s1. The first-order valence-electron chi connectivity index (χ1n) is 8.93. The maximum absolute atomic E-state index is 12.6. The largest absolute Gasteiger partial charge is 0.495 e. The molecule has 0 radical (unpaired) electrons. The molecule has 8 heteroatoms. The number of amides is 1. The highest BCUT2D eigenvalue weighted by atomic mass is 35.5. The number of carbonyl (C=O) groups is 1. The monoisotopic (exact) mass is 424 g/mol. The van der Waals surface area contributed by atoms with Crippen LogP contribution in [0.5, 0.6) is 5.75 Å². The van der Waals surface area contributed by atoms with E-state index in [2.05, 4.69) is 10.0 Å². The number of nitrogens with one attached hydrogen (secondary N) is 2. The van der Waals surface area contributed by atoms with Crippen LogP contribution in [0.15, 0.2) is 53.4 Å². The summed E-state index contributed by atoms with van der Waals surface area (Å²) in [6.45, 7) is 3.38. The predicted molar refractivity (Wildman–Crippen MR) is 110 cm³/mol. The molecule has 0 fully saturated rings. The number of aryl methyl sites for hydroxylation is 1. The number of hydrogen-bond donors (Lipinski definition) is 2. The van der Waals surface area contributed by atoms with E-state index in [1.807, 2.05) is 37.3 Å². The second-order valence-electron chi connectivity index (χ2n) is 6.57. The van der Waals surface area contributed by atoms with Crippen molar-refractivity contribution < 1.29 is 17.9 Å². The van der Waals surface area contributed by atoms with Crippen LogP contribution in [-0.2, 0) is 21.2 Å². The summed E-state index contributed by atoms with van der Waals surface area (Å²) in [5.74, 6) is -0.245. The molecule has 152 valence electrons. The van der Waals surface area contributed by atoms with Crippen molar-refractivity contribution in [1.29, 1.82) is 0 Å². The van der Waals surface area contributed by atoms with Gasteiger partial charge in [0, 0.05) is 11.1 Å². The quantitative estimate of drug-likeness (QED) is 0.647. The molecule has 6 nitrogen and oxygen atoms in total. The van der Waals surface area contributed by atoms with Gasteiger partial charge in [-0.15, -0.1) is 0 Å². The highest BCUT2D eigenvalue weighted by molar-refractivity contribution is 7.89. The zero-order valence-electron chi connectivity index (χ0n) is 16.1. The molecule has 0 aliphatic rings. The molecule has 2 rings (SSSR count). The van der Waals surface area contributed by atoms with Crippen molar-refractivity contribution in [2.45, 2.75) is 43.7 Å². The van der Waals surface area contributed by atoms with Crippen molar-refractivity contribution in [1.82, 2.24) is 10.0 Å². The number of sulfonamides is 1. The van der Waals surface area contributed by atoms with Crippen LogP contribution >= 0.6 is 11.6 Å². The van der Waals surface area contributed by atoms with E-state index in [1.54, 1.807) is 0 Å². The van der Waals surface area contributed by atoms with E-state index in [1.165, 1.54) is 37.8 Å². The van der Waals surface area contributed by atoms with Gasteiger partial charge >= 0.3 is 0 Å². The highest BCUT2D eigenvalue weighted by Gasteiger charge is 2.26. The zero-order valence-corrected chi connectivity index (χ0v) is 17.7. The first kappa shape index (κ1) is 22.2. The number of ether oxygens (including phenoxy) is 1. The van der Waals surface area contributed by atoms with Crippen LogP contribution in [0, 0.1) is 0 Å². The van der Waals surface area contributed by atoms with Crippen molar-refractivity contribution in [3.05, 3.63) is 59.1 Å². The minimum atomic E-state index is -3.98. The van der Waals surface area contributed by atoms with E-state index in [-0.39, 0.29) is 21.7 Å². The molecule has 0 saturated carbocycles. The predicted octanol–water partition coefficient (Wildman–Crippen LogP) is 3.15. The fourth-order valence-corrected chi connectivity index (χ4v) is 4.31. The number of hydrogen-bond acceptors (Lipinski definition) is 4. The highest BCUT2D eigenvalue weighted by Crippen LogP contribution is 2.27. The summed E-state index contributed by atoms with van der Waals surface area (Å²) < 4.78 is 32.8. The van der Waals surface area contributed by atoms with Gasteiger partial charge in [0.05, 0.1) is 13.2 Å². The minimum Gasteiger partial charge on any atom is -0.495 e. The van der Waals surface area contributed by atoms with Crippen LogP contribution in [0.3, 0.4) is 0 Å². The molecule has 0 aliphatic heterocycles. The lowest BCUT2D eigenvalue weighted by Gasteiger charge is -2.19. The number of carbonyl (C=O) groups excluding carboxylic acids is 1. The van der Waals surface area contributed by atoms with Gasteiger partial charge in [-0.2, -0.15) is 4.72 Å². The molecule has 28 heavy (non-hydrogen) atoms. The van der Waals surface area contributed by atoms with Crippen LogP contribution in [0.1, 0.15) is 25.8 Å². The Morgan fingerprint density at radius 3 is 2.46 bits per heavy atom. The average molecular weight is 425 g/mol. The molecule has 0 spiro atoms. The Morgan fingerprint density at radius 1 is 1.14 bits per heavy atom. The summed E-state index contributed by atoms with van der Waals surface area (Å²) in [7, 11) is -2.61. The molecule has 2 N–H and O–H groups in total. The molecule has 2 atom stereocenters. The number of rotatable bonds is 9. The average Bonchev–Trinajstić information content (AvgIpc) is 2.66. The summed E-state index contributed by atoms with van der Waals surface area (Å²) >= 11 is 5.91. The first-order chi connectivity index (χ1) is 13.2. The van der Waals surface area contributed by atoms with Crippen LogP contribution in [0.2, 0.25) is 5.02 Å². The van der Waals surface area contributed by atoms with Gasteiger partial charge in [0.2, 0.25) is 15.9 Å². The molecular formula is C20H25ClN2O4S. The Balaban J connectivity index is 1.96. The summed E-state index contributed by atoms with van der Waals surface area (Å²) in [6, 6.07) is 13.2. The SMILES string of the molecule is COc1ccc(Cl)cc1S(=O)(=O)N[C@@H](C)C(=O)N[C@@H](C)CCc1ccccc1. The Kier molecular flexibility index (Phi) is 7.86. The van der Waals surface area contributed by atoms with Gasteiger partial charge in [0.15, 0.2) is 0 Å². The second kappa shape index (κ2) is 9.91. The van der Waals surface area contributed by atoms with Crippen molar-refractivity contribution in [2.24, 2.45) is 0 Å². The third-order valence-electron chi connectivity index (χ3n) is 4.24. The van der Waals surface area contributed by atoms with E-state index in [9.17, 15) is 13.2 Å². The fraction of sp³-hybridized carbons (Fsp3) is 0.350. The van der Waals surface area contributed by atoms with Gasteiger partial charge in [-0.05, 0) is 50.5 Å². The van der Waals surface area contributed by atoms with Gasteiger partial charge < -0.3 is 10.1 Å². The maximum Gasteiger partial charge on any atom is 0.245 e. The minimum absolute atomic E-state index is 0.0969. The number of methoxy groups -OCH3 is 1. The Hall–Kier alpha value is -2.09. The third-order valence-corrected chi connectivity index (χ3v) is 6.03. The molecule has 2 aromatic carbocycles. The molecule has 1 amide bonds. The van der Waals surface area contributed by atoms with Crippen molar-refractivity contribution in [2.75, 3.05) is 7.11 Å². The molecule has 2 aromatic rings. The van der Waals surface area contributed by atoms with Crippen molar-refractivity contribution in [3.63, 3.8) is 0 Å². The lowest BCUT2D eigenvalue weighted by Crippen LogP contribution is -2.47. The van der Waals surface area contributed by atoms with Crippen molar-refractivity contribution in [3.8, 4) is 5.75 Å². The number of halogens is 1. The van der Waals surface area contributed by atoms with Gasteiger partial charge in [-0.25, -0.2) is 8.42 Å². The molecule has 0 aromatic heterocycles. The topological polar surface area (TPSA) is 84.5 Å². The third kappa shape index (κ3) is 6.22. The summed E-state index contributed by atoms with van der Waals surface area (Å²) in [6.07, 6.45) is 1.57. The number of benzene rings is 2. The lowest BCUT2D eigenvalue weighted by molar-refractivity contribution is -0.123. The maximum atomic E-state index is 12.6. The van der Waals surface area contributed by atoms with Crippen LogP contribution < -0.4 is 14.8 Å². The van der Waals surface area contributed by atoms with E-state index < -0.39 is 22.0 Å². The molecular weight excluding hydrogens is 400 g/mol. The Morgan fingerprint density at radius 2 is 1.82 bits per heavy atom. The molecule has 0 unspecified atom stereocenters. The van der Waals surface area contributed by atoms with E-state index >= 15 is 0 Å².